The second-order valence-electron chi connectivity index (χ2n) is 4.14. The van der Waals surface area contributed by atoms with Crippen molar-refractivity contribution in [2.45, 2.75) is 26.0 Å². The van der Waals surface area contributed by atoms with Gasteiger partial charge in [0.25, 0.3) is 0 Å². The molecular weight excluding hydrogens is 234 g/mol. The second-order valence-corrected chi connectivity index (χ2v) is 5.32. The quantitative estimate of drug-likeness (QED) is 0.606. The normalized spacial score (nSPS) is 13.0. The van der Waals surface area contributed by atoms with Gasteiger partial charge in [-0.2, -0.15) is 0 Å². The van der Waals surface area contributed by atoms with E-state index >= 15 is 0 Å². The van der Waals surface area contributed by atoms with E-state index in [1.807, 2.05) is 0 Å². The van der Waals surface area contributed by atoms with Crippen molar-refractivity contribution in [2.75, 3.05) is 0 Å². The van der Waals surface area contributed by atoms with E-state index in [0.717, 1.165) is 0 Å². The summed E-state index contributed by atoms with van der Waals surface area (Å²) in [7, 11) is 0. The van der Waals surface area contributed by atoms with Crippen molar-refractivity contribution >= 4 is 29.3 Å². The second kappa shape index (κ2) is 5.42. The van der Waals surface area contributed by atoms with Crippen molar-refractivity contribution in [2.24, 2.45) is 11.1 Å². The van der Waals surface area contributed by atoms with Gasteiger partial charge in [0, 0.05) is 0 Å². The first-order chi connectivity index (χ1) is 6.41. The third-order valence-corrected chi connectivity index (χ3v) is 3.13. The molecule has 0 fully saturated rings. The standard InChI is InChI=1S/C9H15N3OS.ClH/c1-9(2,3)6(14-8(10)11)7-12-4-5-13-7;/h4-6H,1-3H3,(H3,10,11);1H/p+1. The Labute approximate surface area is 99.9 Å². The molecule has 0 saturated heterocycles. The van der Waals surface area contributed by atoms with Crippen LogP contribution in [0.4, 0.5) is 0 Å². The molecule has 1 aromatic heterocycles. The van der Waals surface area contributed by atoms with E-state index in [1.54, 1.807) is 12.5 Å². The van der Waals surface area contributed by atoms with Crippen molar-refractivity contribution in [3.63, 3.8) is 0 Å². The summed E-state index contributed by atoms with van der Waals surface area (Å²) in [6, 6.07) is 0. The monoisotopic (exact) mass is 250 g/mol. The molecule has 1 atom stereocenters. The van der Waals surface area contributed by atoms with E-state index < -0.39 is 0 Å². The van der Waals surface area contributed by atoms with E-state index in [2.05, 4.69) is 25.8 Å². The van der Waals surface area contributed by atoms with Gasteiger partial charge in [0.15, 0.2) is 0 Å². The Morgan fingerprint density at radius 1 is 1.60 bits per heavy atom. The van der Waals surface area contributed by atoms with Crippen LogP contribution in [0.5, 0.6) is 0 Å². The van der Waals surface area contributed by atoms with Gasteiger partial charge >= 0.3 is 5.17 Å². The first-order valence-electron chi connectivity index (χ1n) is 4.35. The minimum Gasteiger partial charge on any atom is -0.448 e. The van der Waals surface area contributed by atoms with Crippen LogP contribution >= 0.6 is 24.2 Å². The Morgan fingerprint density at radius 3 is 2.53 bits per heavy atom. The van der Waals surface area contributed by atoms with E-state index in [0.29, 0.717) is 11.1 Å². The average molecular weight is 251 g/mol. The summed E-state index contributed by atoms with van der Waals surface area (Å²) in [4.78, 5) is 4.12. The molecule has 0 spiro atoms. The van der Waals surface area contributed by atoms with Crippen LogP contribution in [0.25, 0.3) is 0 Å². The molecule has 0 saturated carbocycles. The summed E-state index contributed by atoms with van der Waals surface area (Å²) in [5, 5.41) is 5.86. The Hall–Kier alpha value is -0.680. The largest absolute Gasteiger partial charge is 0.448 e. The molecule has 4 N–H and O–H groups in total. The molecule has 0 bridgehead atoms. The number of amidine groups is 1. The highest BCUT2D eigenvalue weighted by Crippen LogP contribution is 2.42. The van der Waals surface area contributed by atoms with Gasteiger partial charge in [0.05, 0.1) is 11.4 Å². The topological polar surface area (TPSA) is 77.6 Å². The number of aromatic nitrogens is 1. The zero-order valence-corrected chi connectivity index (χ0v) is 10.7. The fourth-order valence-corrected chi connectivity index (χ4v) is 1.94. The smallest absolute Gasteiger partial charge is 0.300 e. The number of hydrogen-bond acceptors (Lipinski definition) is 3. The molecule has 0 aliphatic heterocycles. The summed E-state index contributed by atoms with van der Waals surface area (Å²) < 4.78 is 5.27. The summed E-state index contributed by atoms with van der Waals surface area (Å²) in [6.07, 6.45) is 3.18. The number of rotatable bonds is 2. The van der Waals surface area contributed by atoms with Crippen molar-refractivity contribution in [3.05, 3.63) is 18.4 Å². The van der Waals surface area contributed by atoms with Gasteiger partial charge < -0.3 is 4.42 Å². The number of nitrogens with two attached hydrogens (primary N) is 2. The predicted octanol–water partition coefficient (Wildman–Crippen LogP) is 0.991. The molecule has 86 valence electrons. The Kier molecular flexibility index (Phi) is 5.17. The number of nitrogens with zero attached hydrogens (tertiary/aromatic N) is 1. The number of hydrogen-bond donors (Lipinski definition) is 2. The van der Waals surface area contributed by atoms with Gasteiger partial charge in [0.1, 0.15) is 6.26 Å². The van der Waals surface area contributed by atoms with Crippen LogP contribution in [-0.2, 0) is 0 Å². The molecule has 0 radical (unpaired) electrons. The van der Waals surface area contributed by atoms with Gasteiger partial charge in [-0.3, -0.25) is 11.1 Å². The first-order valence-corrected chi connectivity index (χ1v) is 5.23. The highest BCUT2D eigenvalue weighted by atomic mass is 35.5. The third-order valence-electron chi connectivity index (χ3n) is 1.72. The lowest BCUT2D eigenvalue weighted by Gasteiger charge is -2.25. The Morgan fingerprint density at radius 2 is 2.20 bits per heavy atom. The molecule has 15 heavy (non-hydrogen) atoms. The molecule has 1 heterocycles. The zero-order valence-electron chi connectivity index (χ0n) is 9.06. The van der Waals surface area contributed by atoms with Gasteiger partial charge in [-0.25, -0.2) is 4.98 Å². The van der Waals surface area contributed by atoms with Crippen molar-refractivity contribution in [3.8, 4) is 0 Å². The maximum absolute atomic E-state index is 5.48. The van der Waals surface area contributed by atoms with Crippen molar-refractivity contribution in [1.82, 2.24) is 4.98 Å². The number of halogens is 1. The van der Waals surface area contributed by atoms with E-state index in [1.165, 1.54) is 11.8 Å². The fourth-order valence-electron chi connectivity index (χ4n) is 1.10. The minimum atomic E-state index is -0.000486. The fraction of sp³-hybridized carbons (Fsp3) is 0.556. The van der Waals surface area contributed by atoms with Crippen molar-refractivity contribution in [1.29, 1.82) is 0 Å². The Balaban J connectivity index is 0.00000196. The van der Waals surface area contributed by atoms with Gasteiger partial charge in [0.2, 0.25) is 5.89 Å². The molecule has 6 heteroatoms. The molecule has 1 unspecified atom stereocenters. The number of thioether (sulfide) groups is 1. The van der Waals surface area contributed by atoms with E-state index in [9.17, 15) is 0 Å². The summed E-state index contributed by atoms with van der Waals surface area (Å²) in [6.45, 7) is 6.29. The lowest BCUT2D eigenvalue weighted by molar-refractivity contribution is -0.110. The van der Waals surface area contributed by atoms with Crippen molar-refractivity contribution < 1.29 is 9.83 Å². The molecule has 0 amide bonds. The van der Waals surface area contributed by atoms with Crippen LogP contribution in [-0.4, -0.2) is 10.2 Å². The van der Waals surface area contributed by atoms with E-state index in [-0.39, 0.29) is 23.1 Å². The Bertz CT molecular complexity index is 308. The molecule has 0 aliphatic carbocycles. The SMILES string of the molecule is CC(C)(C)C(SC(N)=[NH2+])c1ncco1.Cl. The van der Waals surface area contributed by atoms with E-state index in [4.69, 9.17) is 15.6 Å². The molecule has 1 aromatic rings. The predicted molar refractivity (Wildman–Crippen MR) is 64.7 cm³/mol. The van der Waals surface area contributed by atoms with Gasteiger partial charge in [-0.1, -0.05) is 20.8 Å². The van der Waals surface area contributed by atoms with Crippen LogP contribution in [0.1, 0.15) is 31.9 Å². The lowest BCUT2D eigenvalue weighted by atomic mass is 9.91. The van der Waals surface area contributed by atoms with Crippen LogP contribution in [0.15, 0.2) is 16.9 Å². The third kappa shape index (κ3) is 4.13. The highest BCUT2D eigenvalue weighted by molar-refractivity contribution is 8.13. The summed E-state index contributed by atoms with van der Waals surface area (Å²) >= 11 is 1.38. The maximum Gasteiger partial charge on any atom is 0.300 e. The zero-order chi connectivity index (χ0) is 10.8. The van der Waals surface area contributed by atoms with Crippen LogP contribution in [0.2, 0.25) is 0 Å². The lowest BCUT2D eigenvalue weighted by Crippen LogP contribution is -2.44. The average Bonchev–Trinajstić information content (AvgIpc) is 2.49. The van der Waals surface area contributed by atoms with Crippen LogP contribution in [0, 0.1) is 5.41 Å². The first kappa shape index (κ1) is 14.3. The molecule has 0 aliphatic rings. The van der Waals surface area contributed by atoms with Gasteiger partial charge in [-0.05, 0) is 17.2 Å². The maximum atomic E-state index is 5.48. The van der Waals surface area contributed by atoms with Crippen LogP contribution < -0.4 is 11.1 Å². The minimum absolute atomic E-state index is 0. The van der Waals surface area contributed by atoms with Crippen LogP contribution in [0.3, 0.4) is 0 Å². The summed E-state index contributed by atoms with van der Waals surface area (Å²) in [5.41, 5.74) is 5.48. The van der Waals surface area contributed by atoms with Gasteiger partial charge in [-0.15, -0.1) is 12.4 Å². The molecule has 4 nitrogen and oxygen atoms in total. The molecule has 1 rings (SSSR count). The molecular formula is C9H17ClN3OS+. The number of oxazole rings is 1. The highest BCUT2D eigenvalue weighted by Gasteiger charge is 2.32. The molecule has 0 aromatic carbocycles. The summed E-state index contributed by atoms with van der Waals surface area (Å²) in [5.74, 6) is 0.663.